The van der Waals surface area contributed by atoms with Crippen LogP contribution in [0.2, 0.25) is 0 Å². The topological polar surface area (TPSA) is 89.6 Å². The summed E-state index contributed by atoms with van der Waals surface area (Å²) in [4.78, 5) is 21.8. The van der Waals surface area contributed by atoms with E-state index < -0.39 is 18.0 Å². The van der Waals surface area contributed by atoms with Crippen molar-refractivity contribution in [1.82, 2.24) is 0 Å². The average Bonchev–Trinajstić information content (AvgIpc) is 2.35. The number of esters is 1. The summed E-state index contributed by atoms with van der Waals surface area (Å²) < 4.78 is 4.90. The number of carbonyl (C=O) groups excluding carboxylic acids is 1. The van der Waals surface area contributed by atoms with E-state index in [1.165, 1.54) is 0 Å². The Kier molecular flexibility index (Phi) is 5.87. The first kappa shape index (κ1) is 14.2. The van der Waals surface area contributed by atoms with Gasteiger partial charge in [0.15, 0.2) is 0 Å². The smallest absolute Gasteiger partial charge is 0.323 e. The molecule has 1 rings (SSSR count). The summed E-state index contributed by atoms with van der Waals surface area (Å²) in [5.74, 6) is -1.40. The number of nitrogens with two attached hydrogens (primary N) is 1. The van der Waals surface area contributed by atoms with E-state index in [4.69, 9.17) is 15.6 Å². The number of carbonyl (C=O) groups is 2. The van der Waals surface area contributed by atoms with E-state index in [1.807, 2.05) is 30.3 Å². The third-order valence-electron chi connectivity index (χ3n) is 2.38. The van der Waals surface area contributed by atoms with E-state index in [-0.39, 0.29) is 13.0 Å². The van der Waals surface area contributed by atoms with Crippen LogP contribution < -0.4 is 5.73 Å². The Morgan fingerprint density at radius 3 is 2.56 bits per heavy atom. The van der Waals surface area contributed by atoms with Gasteiger partial charge in [0.25, 0.3) is 0 Å². The molecule has 1 aromatic carbocycles. The van der Waals surface area contributed by atoms with Gasteiger partial charge in [-0.2, -0.15) is 0 Å². The third-order valence-corrected chi connectivity index (χ3v) is 2.38. The minimum absolute atomic E-state index is 0.0127. The molecule has 0 aromatic heterocycles. The normalized spacial score (nSPS) is 11.8. The average molecular weight is 251 g/mol. The molecule has 5 nitrogen and oxygen atoms in total. The molecule has 0 bridgehead atoms. The Labute approximate surface area is 106 Å². The quantitative estimate of drug-likeness (QED) is 0.556. The number of carboxylic acids is 1. The van der Waals surface area contributed by atoms with Crippen molar-refractivity contribution in [3.8, 4) is 0 Å². The van der Waals surface area contributed by atoms with Crippen molar-refractivity contribution in [3.05, 3.63) is 35.9 Å². The Morgan fingerprint density at radius 2 is 1.94 bits per heavy atom. The van der Waals surface area contributed by atoms with E-state index >= 15 is 0 Å². The molecule has 0 amide bonds. The minimum atomic E-state index is -0.903. The highest BCUT2D eigenvalue weighted by Crippen LogP contribution is 2.03. The van der Waals surface area contributed by atoms with Crippen LogP contribution in [0.1, 0.15) is 18.4 Å². The molecule has 0 unspecified atom stereocenters. The summed E-state index contributed by atoms with van der Waals surface area (Å²) in [5.41, 5.74) is 6.67. The molecule has 5 heteroatoms. The number of hydrogen-bond acceptors (Lipinski definition) is 4. The third kappa shape index (κ3) is 5.45. The Balaban J connectivity index is 2.27. The van der Waals surface area contributed by atoms with Crippen molar-refractivity contribution in [1.29, 1.82) is 0 Å². The highest BCUT2D eigenvalue weighted by molar-refractivity contribution is 5.75. The molecular weight excluding hydrogens is 234 g/mol. The first-order chi connectivity index (χ1) is 8.59. The fourth-order valence-corrected chi connectivity index (χ4v) is 1.45. The maximum absolute atomic E-state index is 11.5. The maximum atomic E-state index is 11.5. The molecule has 0 fully saturated rings. The van der Waals surface area contributed by atoms with E-state index in [1.54, 1.807) is 0 Å². The van der Waals surface area contributed by atoms with Gasteiger partial charge in [-0.1, -0.05) is 30.3 Å². The van der Waals surface area contributed by atoms with Crippen LogP contribution in [0.5, 0.6) is 0 Å². The van der Waals surface area contributed by atoms with Crippen molar-refractivity contribution >= 4 is 11.9 Å². The minimum Gasteiger partial charge on any atom is -0.481 e. The van der Waals surface area contributed by atoms with Crippen molar-refractivity contribution < 1.29 is 19.4 Å². The summed E-state index contributed by atoms with van der Waals surface area (Å²) in [5, 5.41) is 8.42. The Morgan fingerprint density at radius 1 is 1.28 bits per heavy atom. The molecule has 18 heavy (non-hydrogen) atoms. The van der Waals surface area contributed by atoms with Crippen molar-refractivity contribution in [2.24, 2.45) is 5.73 Å². The van der Waals surface area contributed by atoms with Crippen LogP contribution in [0.3, 0.4) is 0 Å². The van der Waals surface area contributed by atoms with Gasteiger partial charge in [-0.3, -0.25) is 9.59 Å². The predicted octanol–water partition coefficient (Wildman–Crippen LogP) is 0.964. The number of benzene rings is 1. The number of ether oxygens (including phenoxy) is 1. The van der Waals surface area contributed by atoms with Gasteiger partial charge in [-0.25, -0.2) is 0 Å². The van der Waals surface area contributed by atoms with Gasteiger partial charge in [0.1, 0.15) is 6.04 Å². The monoisotopic (exact) mass is 251 g/mol. The molecule has 1 aromatic rings. The van der Waals surface area contributed by atoms with Crippen molar-refractivity contribution in [3.63, 3.8) is 0 Å². The van der Waals surface area contributed by atoms with E-state index in [0.29, 0.717) is 12.8 Å². The first-order valence-electron chi connectivity index (χ1n) is 5.77. The van der Waals surface area contributed by atoms with Crippen LogP contribution in [0, 0.1) is 0 Å². The fourth-order valence-electron chi connectivity index (χ4n) is 1.45. The zero-order valence-corrected chi connectivity index (χ0v) is 10.0. The van der Waals surface area contributed by atoms with Gasteiger partial charge < -0.3 is 15.6 Å². The van der Waals surface area contributed by atoms with Crippen molar-refractivity contribution in [2.75, 3.05) is 6.61 Å². The first-order valence-corrected chi connectivity index (χ1v) is 5.77. The van der Waals surface area contributed by atoms with Crippen LogP contribution in [0.15, 0.2) is 30.3 Å². The molecule has 0 saturated heterocycles. The fraction of sp³-hybridized carbons (Fsp3) is 0.385. The second-order valence-corrected chi connectivity index (χ2v) is 3.96. The number of hydrogen-bond donors (Lipinski definition) is 2. The van der Waals surface area contributed by atoms with Gasteiger partial charge in [-0.05, 0) is 18.4 Å². The van der Waals surface area contributed by atoms with Crippen LogP contribution >= 0.6 is 0 Å². The van der Waals surface area contributed by atoms with Crippen LogP contribution in [0.4, 0.5) is 0 Å². The van der Waals surface area contributed by atoms with Crippen molar-refractivity contribution in [2.45, 2.75) is 25.3 Å². The molecule has 0 aliphatic carbocycles. The highest BCUT2D eigenvalue weighted by Gasteiger charge is 2.15. The number of aliphatic carboxylic acids is 1. The largest absolute Gasteiger partial charge is 0.481 e. The highest BCUT2D eigenvalue weighted by atomic mass is 16.5. The Bertz CT molecular complexity index is 391. The van der Waals surface area contributed by atoms with Gasteiger partial charge in [-0.15, -0.1) is 0 Å². The van der Waals surface area contributed by atoms with Crippen LogP contribution in [0.25, 0.3) is 0 Å². The second kappa shape index (κ2) is 7.45. The standard InChI is InChI=1S/C13H17NO4/c14-11(9-10-5-2-1-3-6-10)13(17)18-8-4-7-12(15)16/h1-3,5-6,11H,4,7-9,14H2,(H,15,16)/t11-/m0/s1. The van der Waals surface area contributed by atoms with Crippen LogP contribution in [-0.2, 0) is 20.7 Å². The second-order valence-electron chi connectivity index (χ2n) is 3.96. The number of rotatable bonds is 7. The number of carboxylic acid groups (broad SMARTS) is 1. The Hall–Kier alpha value is -1.88. The lowest BCUT2D eigenvalue weighted by Crippen LogP contribution is -2.34. The molecule has 0 spiro atoms. The summed E-state index contributed by atoms with van der Waals surface area (Å²) in [6, 6.07) is 8.70. The molecular formula is C13H17NO4. The SMILES string of the molecule is N[C@@H](Cc1ccccc1)C(=O)OCCCC(=O)O. The summed E-state index contributed by atoms with van der Waals surface area (Å²) in [6.07, 6.45) is 0.707. The predicted molar refractivity (Wildman–Crippen MR) is 66.0 cm³/mol. The van der Waals surface area contributed by atoms with Gasteiger partial charge >= 0.3 is 11.9 Å². The van der Waals surface area contributed by atoms with E-state index in [2.05, 4.69) is 0 Å². The zero-order chi connectivity index (χ0) is 13.4. The molecule has 0 aliphatic heterocycles. The van der Waals surface area contributed by atoms with E-state index in [0.717, 1.165) is 5.56 Å². The molecule has 0 heterocycles. The van der Waals surface area contributed by atoms with Crippen LogP contribution in [-0.4, -0.2) is 29.7 Å². The van der Waals surface area contributed by atoms with E-state index in [9.17, 15) is 9.59 Å². The van der Waals surface area contributed by atoms with Gasteiger partial charge in [0.2, 0.25) is 0 Å². The summed E-state index contributed by atoms with van der Waals surface area (Å²) >= 11 is 0. The molecule has 1 atom stereocenters. The molecule has 0 saturated carbocycles. The lowest BCUT2D eigenvalue weighted by Gasteiger charge is -2.11. The molecule has 0 aliphatic rings. The van der Waals surface area contributed by atoms with Gasteiger partial charge in [0.05, 0.1) is 6.61 Å². The maximum Gasteiger partial charge on any atom is 0.323 e. The molecule has 98 valence electrons. The zero-order valence-electron chi connectivity index (χ0n) is 10.0. The van der Waals surface area contributed by atoms with Gasteiger partial charge in [0, 0.05) is 6.42 Å². The lowest BCUT2D eigenvalue weighted by atomic mass is 10.1. The summed E-state index contributed by atoms with van der Waals surface area (Å²) in [7, 11) is 0. The molecule has 3 N–H and O–H groups in total. The lowest BCUT2D eigenvalue weighted by molar-refractivity contribution is -0.146. The molecule has 0 radical (unpaired) electrons. The summed E-state index contributed by atoms with van der Waals surface area (Å²) in [6.45, 7) is 0.0909.